The number of urea groups is 1. The molecule has 0 bridgehead atoms. The van der Waals surface area contributed by atoms with Crippen LogP contribution in [0.4, 0.5) is 4.79 Å². The lowest BCUT2D eigenvalue weighted by atomic mass is 10.1. The van der Waals surface area contributed by atoms with Crippen LogP contribution in [0.3, 0.4) is 0 Å². The van der Waals surface area contributed by atoms with Crippen molar-refractivity contribution in [1.29, 1.82) is 0 Å². The number of carbonyl (C=O) groups excluding carboxylic acids is 1. The van der Waals surface area contributed by atoms with Gasteiger partial charge in [0.15, 0.2) is 0 Å². The van der Waals surface area contributed by atoms with Crippen molar-refractivity contribution in [2.24, 2.45) is 0 Å². The van der Waals surface area contributed by atoms with E-state index >= 15 is 0 Å². The average Bonchev–Trinajstić information content (AvgIpc) is 2.81. The maximum absolute atomic E-state index is 11.6. The molecule has 2 aliphatic heterocycles. The molecule has 0 aromatic rings. The van der Waals surface area contributed by atoms with Gasteiger partial charge in [-0.25, -0.2) is 4.79 Å². The molecular weight excluding hydrogens is 204 g/mol. The van der Waals surface area contributed by atoms with Crippen molar-refractivity contribution >= 4 is 6.03 Å². The first kappa shape index (κ1) is 11.7. The van der Waals surface area contributed by atoms with E-state index in [-0.39, 0.29) is 12.2 Å². The third kappa shape index (κ3) is 3.64. The average molecular weight is 226 g/mol. The summed E-state index contributed by atoms with van der Waals surface area (Å²) in [5.74, 6) is 0. The molecule has 0 aromatic carbocycles. The third-order valence-corrected chi connectivity index (χ3v) is 3.29. The van der Waals surface area contributed by atoms with E-state index in [0.717, 1.165) is 26.1 Å². The van der Waals surface area contributed by atoms with Gasteiger partial charge in [0, 0.05) is 12.6 Å². The van der Waals surface area contributed by atoms with Gasteiger partial charge in [0.25, 0.3) is 0 Å². The van der Waals surface area contributed by atoms with E-state index in [1.165, 1.54) is 25.7 Å². The Bertz CT molecular complexity index is 222. The van der Waals surface area contributed by atoms with E-state index in [4.69, 9.17) is 0 Å². The van der Waals surface area contributed by atoms with Gasteiger partial charge in [-0.15, -0.1) is 0 Å². The van der Waals surface area contributed by atoms with Crippen molar-refractivity contribution in [3.8, 4) is 0 Å². The minimum absolute atomic E-state index is 0.0481. The molecule has 4 N–H and O–H groups in total. The van der Waals surface area contributed by atoms with Gasteiger partial charge in [-0.3, -0.25) is 5.32 Å². The zero-order valence-electron chi connectivity index (χ0n) is 9.72. The summed E-state index contributed by atoms with van der Waals surface area (Å²) in [6.45, 7) is 2.83. The monoisotopic (exact) mass is 226 g/mol. The van der Waals surface area contributed by atoms with Gasteiger partial charge in [0.2, 0.25) is 0 Å². The number of nitrogens with one attached hydrogen (secondary N) is 4. The predicted octanol–water partition coefficient (Wildman–Crippen LogP) is 0.137. The van der Waals surface area contributed by atoms with E-state index in [1.54, 1.807) is 0 Å². The second-order valence-electron chi connectivity index (χ2n) is 4.65. The molecule has 2 atom stereocenters. The van der Waals surface area contributed by atoms with Crippen LogP contribution in [0.2, 0.25) is 0 Å². The molecule has 5 heteroatoms. The quantitative estimate of drug-likeness (QED) is 0.553. The highest BCUT2D eigenvalue weighted by atomic mass is 16.2. The van der Waals surface area contributed by atoms with Crippen molar-refractivity contribution in [2.45, 2.75) is 44.3 Å². The van der Waals surface area contributed by atoms with E-state index in [2.05, 4.69) is 21.3 Å². The Hall–Kier alpha value is -0.810. The fourth-order valence-electron chi connectivity index (χ4n) is 2.33. The Balaban J connectivity index is 1.59. The summed E-state index contributed by atoms with van der Waals surface area (Å²) in [6, 6.07) is 0.415. The first-order valence-corrected chi connectivity index (χ1v) is 6.36. The maximum Gasteiger partial charge on any atom is 0.316 e. The Morgan fingerprint density at radius 1 is 1.12 bits per heavy atom. The number of hydrogen-bond acceptors (Lipinski definition) is 3. The summed E-state index contributed by atoms with van der Waals surface area (Å²) in [5.41, 5.74) is 0. The maximum atomic E-state index is 11.6. The molecule has 2 unspecified atom stereocenters. The molecule has 2 aliphatic rings. The van der Waals surface area contributed by atoms with Crippen LogP contribution in [0.1, 0.15) is 32.1 Å². The van der Waals surface area contributed by atoms with Gasteiger partial charge in [0.05, 0.1) is 6.17 Å². The summed E-state index contributed by atoms with van der Waals surface area (Å²) in [5, 5.41) is 12.5. The van der Waals surface area contributed by atoms with Gasteiger partial charge >= 0.3 is 6.03 Å². The summed E-state index contributed by atoms with van der Waals surface area (Å²) < 4.78 is 0. The van der Waals surface area contributed by atoms with Crippen LogP contribution >= 0.6 is 0 Å². The number of rotatable bonds is 3. The van der Waals surface area contributed by atoms with Crippen LogP contribution in [0.5, 0.6) is 0 Å². The predicted molar refractivity (Wildman–Crippen MR) is 63.2 cm³/mol. The molecule has 5 nitrogen and oxygen atoms in total. The van der Waals surface area contributed by atoms with Crippen LogP contribution in [0, 0.1) is 0 Å². The standard InChI is InChI=1S/C11H22N4O/c16-11(14-8-9-4-3-7-12-9)15-10-5-1-2-6-13-10/h9-10,12-13H,1-8H2,(H2,14,15,16). The van der Waals surface area contributed by atoms with Gasteiger partial charge in [-0.05, 0) is 45.2 Å². The molecule has 2 saturated heterocycles. The Labute approximate surface area is 96.7 Å². The van der Waals surface area contributed by atoms with Crippen LogP contribution in [0.25, 0.3) is 0 Å². The van der Waals surface area contributed by atoms with Crippen molar-refractivity contribution in [2.75, 3.05) is 19.6 Å². The highest BCUT2D eigenvalue weighted by molar-refractivity contribution is 5.74. The molecule has 0 aromatic heterocycles. The van der Waals surface area contributed by atoms with Crippen LogP contribution in [-0.2, 0) is 0 Å². The molecule has 0 spiro atoms. The summed E-state index contributed by atoms with van der Waals surface area (Å²) in [7, 11) is 0. The van der Waals surface area contributed by atoms with Crippen molar-refractivity contribution in [3.05, 3.63) is 0 Å². The van der Waals surface area contributed by atoms with Crippen LogP contribution in [0.15, 0.2) is 0 Å². The summed E-state index contributed by atoms with van der Waals surface area (Å²) in [6.07, 6.45) is 5.99. The van der Waals surface area contributed by atoms with Crippen LogP contribution < -0.4 is 21.3 Å². The minimum Gasteiger partial charge on any atom is -0.337 e. The van der Waals surface area contributed by atoms with E-state index in [9.17, 15) is 4.79 Å². The first-order valence-electron chi connectivity index (χ1n) is 6.36. The Morgan fingerprint density at radius 3 is 2.69 bits per heavy atom. The van der Waals surface area contributed by atoms with Gasteiger partial charge < -0.3 is 16.0 Å². The zero-order valence-corrected chi connectivity index (χ0v) is 9.72. The van der Waals surface area contributed by atoms with Gasteiger partial charge in [0.1, 0.15) is 0 Å². The summed E-state index contributed by atoms with van der Waals surface area (Å²) in [4.78, 5) is 11.6. The van der Waals surface area contributed by atoms with Crippen molar-refractivity contribution in [3.63, 3.8) is 0 Å². The topological polar surface area (TPSA) is 65.2 Å². The minimum atomic E-state index is -0.0481. The van der Waals surface area contributed by atoms with Crippen LogP contribution in [-0.4, -0.2) is 37.9 Å². The molecule has 2 rings (SSSR count). The molecule has 2 heterocycles. The molecule has 16 heavy (non-hydrogen) atoms. The number of carbonyl (C=O) groups is 1. The molecular formula is C11H22N4O. The van der Waals surface area contributed by atoms with Gasteiger partial charge in [-0.1, -0.05) is 0 Å². The van der Waals surface area contributed by atoms with E-state index in [1.807, 2.05) is 0 Å². The molecule has 2 fully saturated rings. The van der Waals surface area contributed by atoms with Crippen molar-refractivity contribution in [1.82, 2.24) is 21.3 Å². The molecule has 2 amide bonds. The lowest BCUT2D eigenvalue weighted by Crippen LogP contribution is -2.52. The zero-order chi connectivity index (χ0) is 11.2. The first-order chi connectivity index (χ1) is 7.84. The smallest absolute Gasteiger partial charge is 0.316 e. The number of hydrogen-bond donors (Lipinski definition) is 4. The Kier molecular flexibility index (Phi) is 4.42. The second kappa shape index (κ2) is 6.06. The molecule has 0 radical (unpaired) electrons. The second-order valence-corrected chi connectivity index (χ2v) is 4.65. The lowest BCUT2D eigenvalue weighted by molar-refractivity contribution is 0.229. The number of amides is 2. The molecule has 92 valence electrons. The van der Waals surface area contributed by atoms with Crippen molar-refractivity contribution < 1.29 is 4.79 Å². The fourth-order valence-corrected chi connectivity index (χ4v) is 2.33. The molecule has 0 saturated carbocycles. The van der Waals surface area contributed by atoms with E-state index in [0.29, 0.717) is 6.04 Å². The lowest BCUT2D eigenvalue weighted by Gasteiger charge is -2.24. The highest BCUT2D eigenvalue weighted by Crippen LogP contribution is 2.05. The molecule has 0 aliphatic carbocycles. The largest absolute Gasteiger partial charge is 0.337 e. The van der Waals surface area contributed by atoms with Gasteiger partial charge in [-0.2, -0.15) is 0 Å². The SMILES string of the molecule is O=C(NCC1CCCN1)NC1CCCCN1. The summed E-state index contributed by atoms with van der Waals surface area (Å²) >= 11 is 0. The van der Waals surface area contributed by atoms with E-state index < -0.39 is 0 Å². The Morgan fingerprint density at radius 2 is 2.00 bits per heavy atom. The fraction of sp³-hybridized carbons (Fsp3) is 0.909. The highest BCUT2D eigenvalue weighted by Gasteiger charge is 2.17. The third-order valence-electron chi connectivity index (χ3n) is 3.29. The normalized spacial score (nSPS) is 30.0. The number of piperidine rings is 1.